The van der Waals surface area contributed by atoms with E-state index in [1.54, 1.807) is 30.5 Å². The van der Waals surface area contributed by atoms with E-state index in [2.05, 4.69) is 25.3 Å². The van der Waals surface area contributed by atoms with E-state index in [1.807, 2.05) is 39.8 Å². The summed E-state index contributed by atoms with van der Waals surface area (Å²) in [5.41, 5.74) is 2.73. The Labute approximate surface area is 268 Å². The lowest BCUT2D eigenvalue weighted by atomic mass is 9.91. The number of carbonyl (C=O) groups excluding carboxylic acids is 1. The number of nitrogens with one attached hydrogen (secondary N) is 3. The highest BCUT2D eigenvalue weighted by Gasteiger charge is 2.25. The number of anilines is 2. The Bertz CT molecular complexity index is 1820. The van der Waals surface area contributed by atoms with Gasteiger partial charge in [0.1, 0.15) is 16.3 Å². The number of hydrogen-bond donors (Lipinski definition) is 3. The van der Waals surface area contributed by atoms with Crippen LogP contribution in [0.15, 0.2) is 59.6 Å². The number of hydrogen-bond acceptors (Lipinski definition) is 9. The monoisotopic (exact) mass is 652 g/mol. The van der Waals surface area contributed by atoms with Crippen molar-refractivity contribution in [2.75, 3.05) is 17.1 Å². The first-order valence-corrected chi connectivity index (χ1v) is 16.5. The molecule has 0 radical (unpaired) electrons. The number of aryl methyl sites for hydroxylation is 1. The van der Waals surface area contributed by atoms with Gasteiger partial charge < -0.3 is 20.1 Å². The van der Waals surface area contributed by atoms with Crippen molar-refractivity contribution in [3.05, 3.63) is 65.3 Å². The second-order valence-corrected chi connectivity index (χ2v) is 14.1. The molecule has 0 aliphatic heterocycles. The van der Waals surface area contributed by atoms with Crippen molar-refractivity contribution in [1.82, 2.24) is 20.3 Å². The van der Waals surface area contributed by atoms with E-state index in [0.29, 0.717) is 11.5 Å². The number of halogens is 1. The van der Waals surface area contributed by atoms with Gasteiger partial charge in [0, 0.05) is 29.2 Å². The maximum absolute atomic E-state index is 12.9. The zero-order chi connectivity index (χ0) is 32.4. The average molecular weight is 653 g/mol. The van der Waals surface area contributed by atoms with Crippen LogP contribution >= 0.6 is 11.6 Å². The lowest BCUT2D eigenvalue weighted by Crippen LogP contribution is -2.42. The second kappa shape index (κ2) is 13.1. The minimum atomic E-state index is -3.96. The lowest BCUT2D eigenvalue weighted by molar-refractivity contribution is 0.0492. The van der Waals surface area contributed by atoms with Gasteiger partial charge in [-0.2, -0.15) is 4.98 Å². The molecular weight excluding hydrogens is 616 g/mol. The van der Waals surface area contributed by atoms with Gasteiger partial charge in [0.15, 0.2) is 0 Å². The number of rotatable bonds is 8. The Balaban J connectivity index is 1.28. The molecule has 45 heavy (non-hydrogen) atoms. The molecule has 2 aromatic carbocycles. The van der Waals surface area contributed by atoms with Gasteiger partial charge in [-0.3, -0.25) is 4.72 Å². The molecule has 4 aromatic rings. The molecule has 3 N–H and O–H groups in total. The molecule has 2 aromatic heterocycles. The van der Waals surface area contributed by atoms with Crippen molar-refractivity contribution < 1.29 is 22.7 Å². The zero-order valence-corrected chi connectivity index (χ0v) is 27.4. The average Bonchev–Trinajstić information content (AvgIpc) is 2.97. The fourth-order valence-electron chi connectivity index (χ4n) is 5.36. The molecule has 0 spiro atoms. The summed E-state index contributed by atoms with van der Waals surface area (Å²) < 4.78 is 39.2. The zero-order valence-electron chi connectivity index (χ0n) is 25.8. The Hall–Kier alpha value is -4.16. The van der Waals surface area contributed by atoms with Gasteiger partial charge in [0.25, 0.3) is 10.0 Å². The molecule has 0 bridgehead atoms. The highest BCUT2D eigenvalue weighted by atomic mass is 35.5. The Kier molecular flexibility index (Phi) is 9.36. The number of nitrogens with zero attached hydrogens (tertiary/aromatic N) is 3. The van der Waals surface area contributed by atoms with E-state index in [0.717, 1.165) is 47.7 Å². The molecule has 1 aliphatic rings. The van der Waals surface area contributed by atoms with Crippen LogP contribution in [0, 0.1) is 6.92 Å². The van der Waals surface area contributed by atoms with Crippen LogP contribution < -0.4 is 20.1 Å². The molecule has 1 fully saturated rings. The first kappa shape index (κ1) is 32.2. The third-order valence-corrected chi connectivity index (χ3v) is 9.38. The minimum Gasteiger partial charge on any atom is -0.480 e. The first-order valence-electron chi connectivity index (χ1n) is 14.7. The van der Waals surface area contributed by atoms with Crippen LogP contribution in [0.1, 0.15) is 52.0 Å². The van der Waals surface area contributed by atoms with Crippen molar-refractivity contribution in [1.29, 1.82) is 0 Å². The van der Waals surface area contributed by atoms with Crippen LogP contribution in [0.3, 0.4) is 0 Å². The predicted octanol–water partition coefficient (Wildman–Crippen LogP) is 6.71. The molecule has 5 rings (SSSR count). The number of sulfonamides is 1. The number of amides is 1. The summed E-state index contributed by atoms with van der Waals surface area (Å²) in [6.45, 7) is 7.53. The van der Waals surface area contributed by atoms with E-state index in [9.17, 15) is 13.2 Å². The van der Waals surface area contributed by atoms with Gasteiger partial charge >= 0.3 is 6.09 Å². The number of ether oxygens (including phenoxy) is 2. The summed E-state index contributed by atoms with van der Waals surface area (Å²) in [4.78, 5) is 25.8. The third kappa shape index (κ3) is 7.74. The van der Waals surface area contributed by atoms with Gasteiger partial charge in [-0.1, -0.05) is 29.8 Å². The maximum Gasteiger partial charge on any atom is 0.407 e. The largest absolute Gasteiger partial charge is 0.480 e. The number of pyridine rings is 1. The third-order valence-electron chi connectivity index (χ3n) is 7.52. The van der Waals surface area contributed by atoms with Crippen molar-refractivity contribution in [2.45, 2.75) is 76.0 Å². The van der Waals surface area contributed by atoms with Crippen LogP contribution in [-0.4, -0.2) is 54.3 Å². The normalized spacial score (nSPS) is 17.0. The molecule has 1 saturated carbocycles. The summed E-state index contributed by atoms with van der Waals surface area (Å²) in [5, 5.41) is 7.40. The van der Waals surface area contributed by atoms with Crippen LogP contribution in [0.25, 0.3) is 22.0 Å². The topological polar surface area (TPSA) is 144 Å². The van der Waals surface area contributed by atoms with Crippen LogP contribution in [0.2, 0.25) is 5.02 Å². The minimum absolute atomic E-state index is 0.0429. The molecule has 0 unspecified atom stereocenters. The Morgan fingerprint density at radius 2 is 1.64 bits per heavy atom. The van der Waals surface area contributed by atoms with Crippen molar-refractivity contribution in [3.63, 3.8) is 0 Å². The van der Waals surface area contributed by atoms with E-state index < -0.39 is 15.6 Å². The van der Waals surface area contributed by atoms with Crippen LogP contribution in [-0.2, 0) is 14.8 Å². The summed E-state index contributed by atoms with van der Waals surface area (Å²) in [7, 11) is -2.47. The summed E-state index contributed by atoms with van der Waals surface area (Å²) >= 11 is 6.10. The fraction of sp³-hybridized carbons (Fsp3) is 0.375. The van der Waals surface area contributed by atoms with Gasteiger partial charge in [-0.05, 0) is 94.8 Å². The SMILES string of the molecule is COc1nc(NS(=O)(=O)c2ccccc2Cl)ccc1-c1ccc2nc(N[C@H]3CC[C@H](NC(=O)OC(C)(C)C)CC3)ncc2c1C. The van der Waals surface area contributed by atoms with Gasteiger partial charge in [0.2, 0.25) is 11.8 Å². The second-order valence-electron chi connectivity index (χ2n) is 12.0. The lowest BCUT2D eigenvalue weighted by Gasteiger charge is -2.30. The van der Waals surface area contributed by atoms with Crippen molar-refractivity contribution in [2.24, 2.45) is 0 Å². The van der Waals surface area contributed by atoms with E-state index in [4.69, 9.17) is 26.1 Å². The maximum atomic E-state index is 12.9. The first-order chi connectivity index (χ1) is 21.3. The number of alkyl carbamates (subject to hydrolysis) is 1. The molecule has 11 nitrogen and oxygen atoms in total. The van der Waals surface area contributed by atoms with Crippen molar-refractivity contribution in [3.8, 4) is 17.0 Å². The van der Waals surface area contributed by atoms with Crippen molar-refractivity contribution >= 4 is 50.4 Å². The van der Waals surface area contributed by atoms with Gasteiger partial charge in [-0.15, -0.1) is 0 Å². The van der Waals surface area contributed by atoms with Crippen LogP contribution in [0.4, 0.5) is 16.6 Å². The number of methoxy groups -OCH3 is 1. The molecule has 238 valence electrons. The Morgan fingerprint density at radius 1 is 0.956 bits per heavy atom. The smallest absolute Gasteiger partial charge is 0.407 e. The summed E-state index contributed by atoms with van der Waals surface area (Å²) in [6, 6.07) is 13.7. The highest BCUT2D eigenvalue weighted by molar-refractivity contribution is 7.92. The summed E-state index contributed by atoms with van der Waals surface area (Å²) in [6.07, 6.45) is 4.83. The standard InChI is InChI=1S/C32H37ClN6O5S/c1-19-22(23-15-17-28(38-29(23)43-5)39-45(41,42)27-9-7-6-8-25(27)33)14-16-26-24(19)18-34-30(37-26)35-20-10-12-21(13-11-20)36-31(40)44-32(2,3)4/h6-9,14-18,20-21H,10-13H2,1-5H3,(H,36,40)(H,38,39)(H,34,35,37)/t20-,21-. The van der Waals surface area contributed by atoms with Gasteiger partial charge in [-0.25, -0.2) is 23.2 Å². The molecule has 1 aliphatic carbocycles. The number of carbonyl (C=O) groups is 1. The molecule has 2 heterocycles. The van der Waals surface area contributed by atoms with Crippen LogP contribution in [0.5, 0.6) is 5.88 Å². The van der Waals surface area contributed by atoms with E-state index >= 15 is 0 Å². The number of benzene rings is 2. The number of aromatic nitrogens is 3. The predicted molar refractivity (Wildman–Crippen MR) is 175 cm³/mol. The molecule has 1 amide bonds. The van der Waals surface area contributed by atoms with E-state index in [1.165, 1.54) is 19.2 Å². The van der Waals surface area contributed by atoms with E-state index in [-0.39, 0.29) is 39.8 Å². The quantitative estimate of drug-likeness (QED) is 0.189. The number of fused-ring (bicyclic) bond motifs is 1. The highest BCUT2D eigenvalue weighted by Crippen LogP contribution is 2.35. The molecule has 0 atom stereocenters. The Morgan fingerprint density at radius 3 is 2.33 bits per heavy atom. The molecule has 0 saturated heterocycles. The molecular formula is C32H37ClN6O5S. The fourth-order valence-corrected chi connectivity index (χ4v) is 6.88. The van der Waals surface area contributed by atoms with Gasteiger partial charge in [0.05, 0.1) is 17.6 Å². The summed E-state index contributed by atoms with van der Waals surface area (Å²) in [5.74, 6) is 0.906. The molecule has 13 heteroatoms.